The lowest BCUT2D eigenvalue weighted by Gasteiger charge is -2.20. The molecule has 1 atom stereocenters. The van der Waals surface area contributed by atoms with Crippen molar-refractivity contribution in [1.82, 2.24) is 10.3 Å². The van der Waals surface area contributed by atoms with E-state index in [0.717, 1.165) is 20.9 Å². The topological polar surface area (TPSA) is 101 Å². The molecule has 8 heteroatoms. The Balaban J connectivity index is 1.48. The first-order valence-corrected chi connectivity index (χ1v) is 9.27. The van der Waals surface area contributed by atoms with Crippen molar-refractivity contribution in [2.24, 2.45) is 10.8 Å². The molecule has 7 nitrogen and oxygen atoms in total. The van der Waals surface area contributed by atoms with Crippen molar-refractivity contribution < 1.29 is 9.59 Å². The first-order valence-electron chi connectivity index (χ1n) is 8.45. The number of amides is 2. The Morgan fingerprint density at radius 3 is 2.63 bits per heavy atom. The first-order chi connectivity index (χ1) is 13.1. The predicted molar refractivity (Wildman–Crippen MR) is 105 cm³/mol. The molecule has 4 rings (SSSR count). The maximum absolute atomic E-state index is 12.5. The van der Waals surface area contributed by atoms with E-state index in [4.69, 9.17) is 5.73 Å². The first kappa shape index (κ1) is 17.2. The van der Waals surface area contributed by atoms with Gasteiger partial charge in [0.15, 0.2) is 0 Å². The fraction of sp³-hybridized carbons (Fsp3) is 0.158. The number of hydrogen-bond donors (Lipinski definition) is 2. The number of nitrogens with two attached hydrogens (primary N) is 1. The third kappa shape index (κ3) is 3.52. The van der Waals surface area contributed by atoms with Gasteiger partial charge in [-0.1, -0.05) is 30.3 Å². The minimum Gasteiger partial charge on any atom is -0.368 e. The summed E-state index contributed by atoms with van der Waals surface area (Å²) in [4.78, 5) is 28.8. The van der Waals surface area contributed by atoms with Crippen molar-refractivity contribution in [3.05, 3.63) is 59.6 Å². The number of hydrazone groups is 1. The van der Waals surface area contributed by atoms with Crippen molar-refractivity contribution in [3.63, 3.8) is 0 Å². The van der Waals surface area contributed by atoms with Crippen molar-refractivity contribution in [2.75, 3.05) is 5.01 Å². The van der Waals surface area contributed by atoms with Crippen LogP contribution in [0.5, 0.6) is 0 Å². The van der Waals surface area contributed by atoms with Crippen molar-refractivity contribution in [2.45, 2.75) is 19.0 Å². The van der Waals surface area contributed by atoms with Gasteiger partial charge in [-0.25, -0.2) is 4.98 Å². The smallest absolute Gasteiger partial charge is 0.267 e. The van der Waals surface area contributed by atoms with Gasteiger partial charge in [0.25, 0.3) is 5.91 Å². The van der Waals surface area contributed by atoms with E-state index in [1.807, 2.05) is 54.6 Å². The summed E-state index contributed by atoms with van der Waals surface area (Å²) < 4.78 is 1.07. The van der Waals surface area contributed by atoms with Gasteiger partial charge in [0.2, 0.25) is 5.91 Å². The minimum absolute atomic E-state index is 0.176. The van der Waals surface area contributed by atoms with E-state index in [-0.39, 0.29) is 18.0 Å². The SMILES string of the molecule is NC(=O)C1CC(C(=O)NCc2nc3ccccc3s2)=NN1c1ccccc1. The summed E-state index contributed by atoms with van der Waals surface area (Å²) in [6.45, 7) is 0.309. The Bertz CT molecular complexity index is 998. The summed E-state index contributed by atoms with van der Waals surface area (Å²) in [5.41, 5.74) is 7.41. The van der Waals surface area contributed by atoms with Crippen LogP contribution in [0.15, 0.2) is 59.7 Å². The fourth-order valence-corrected chi connectivity index (χ4v) is 3.85. The van der Waals surface area contributed by atoms with Crippen LogP contribution in [0.1, 0.15) is 11.4 Å². The number of anilines is 1. The zero-order valence-electron chi connectivity index (χ0n) is 14.3. The van der Waals surface area contributed by atoms with Crippen molar-refractivity contribution in [1.29, 1.82) is 0 Å². The predicted octanol–water partition coefficient (Wildman–Crippen LogP) is 2.03. The Morgan fingerprint density at radius 1 is 1.15 bits per heavy atom. The highest BCUT2D eigenvalue weighted by atomic mass is 32.1. The minimum atomic E-state index is -0.671. The molecule has 0 saturated carbocycles. The number of aromatic nitrogens is 1. The van der Waals surface area contributed by atoms with Gasteiger partial charge in [0.05, 0.1) is 22.4 Å². The Kier molecular flexibility index (Phi) is 4.55. The Hall–Kier alpha value is -3.26. The van der Waals surface area contributed by atoms with Gasteiger partial charge >= 0.3 is 0 Å². The van der Waals surface area contributed by atoms with Crippen LogP contribution in [-0.4, -0.2) is 28.6 Å². The number of rotatable bonds is 5. The lowest BCUT2D eigenvalue weighted by Crippen LogP contribution is -2.39. The summed E-state index contributed by atoms with van der Waals surface area (Å²) in [6.07, 6.45) is 0.176. The molecule has 0 bridgehead atoms. The van der Waals surface area contributed by atoms with E-state index in [1.165, 1.54) is 16.3 Å². The van der Waals surface area contributed by atoms with E-state index in [2.05, 4.69) is 15.4 Å². The number of nitrogens with zero attached hydrogens (tertiary/aromatic N) is 3. The van der Waals surface area contributed by atoms with E-state index in [0.29, 0.717) is 6.54 Å². The second-order valence-corrected chi connectivity index (χ2v) is 7.22. The summed E-state index contributed by atoms with van der Waals surface area (Å²) >= 11 is 1.53. The number of carbonyl (C=O) groups excluding carboxylic acids is 2. The van der Waals surface area contributed by atoms with E-state index < -0.39 is 11.9 Å². The van der Waals surface area contributed by atoms with Crippen LogP contribution in [0.3, 0.4) is 0 Å². The number of benzene rings is 2. The van der Waals surface area contributed by atoms with Crippen LogP contribution in [0.25, 0.3) is 10.2 Å². The molecule has 0 saturated heterocycles. The highest BCUT2D eigenvalue weighted by molar-refractivity contribution is 7.18. The third-order valence-corrected chi connectivity index (χ3v) is 5.30. The molecule has 136 valence electrons. The molecule has 0 radical (unpaired) electrons. The molecule has 2 heterocycles. The van der Waals surface area contributed by atoms with Crippen LogP contribution < -0.4 is 16.1 Å². The molecule has 3 aromatic rings. The molecule has 2 amide bonds. The number of hydrogen-bond acceptors (Lipinski definition) is 6. The number of thiazole rings is 1. The Labute approximate surface area is 159 Å². The number of para-hydroxylation sites is 2. The van der Waals surface area contributed by atoms with Crippen LogP contribution in [0, 0.1) is 0 Å². The quantitative estimate of drug-likeness (QED) is 0.708. The average molecular weight is 379 g/mol. The van der Waals surface area contributed by atoms with Gasteiger partial charge in [-0.05, 0) is 24.3 Å². The lowest BCUT2D eigenvalue weighted by molar-refractivity contribution is -0.119. The average Bonchev–Trinajstić information content (AvgIpc) is 3.31. The highest BCUT2D eigenvalue weighted by Crippen LogP contribution is 2.25. The molecular weight excluding hydrogens is 362 g/mol. The zero-order valence-corrected chi connectivity index (χ0v) is 15.1. The second kappa shape index (κ2) is 7.16. The number of carbonyl (C=O) groups is 2. The largest absolute Gasteiger partial charge is 0.368 e. The molecule has 0 fully saturated rings. The standard InChI is InChI=1S/C19H17N5O2S/c20-18(25)15-10-14(23-24(15)12-6-2-1-3-7-12)19(26)21-11-17-22-13-8-4-5-9-16(13)27-17/h1-9,15H,10-11H2,(H2,20,25)(H,21,26). The summed E-state index contributed by atoms with van der Waals surface area (Å²) in [5.74, 6) is -0.837. The molecule has 27 heavy (non-hydrogen) atoms. The van der Waals surface area contributed by atoms with E-state index >= 15 is 0 Å². The molecule has 1 aliphatic heterocycles. The van der Waals surface area contributed by atoms with Crippen LogP contribution in [0.4, 0.5) is 5.69 Å². The van der Waals surface area contributed by atoms with Crippen molar-refractivity contribution in [3.8, 4) is 0 Å². The molecule has 2 aromatic carbocycles. The molecule has 1 unspecified atom stereocenters. The van der Waals surface area contributed by atoms with Gasteiger partial charge in [0.1, 0.15) is 16.8 Å². The van der Waals surface area contributed by atoms with E-state index in [1.54, 1.807) is 0 Å². The van der Waals surface area contributed by atoms with Crippen LogP contribution >= 0.6 is 11.3 Å². The molecule has 0 spiro atoms. The number of nitrogens with one attached hydrogen (secondary N) is 1. The molecular formula is C19H17N5O2S. The van der Waals surface area contributed by atoms with Gasteiger partial charge in [-0.3, -0.25) is 14.6 Å². The normalized spacial score (nSPS) is 16.4. The number of primary amides is 1. The molecule has 1 aromatic heterocycles. The van der Waals surface area contributed by atoms with Gasteiger partial charge in [-0.15, -0.1) is 11.3 Å². The molecule has 0 aliphatic carbocycles. The summed E-state index contributed by atoms with van der Waals surface area (Å²) in [7, 11) is 0. The Morgan fingerprint density at radius 2 is 1.89 bits per heavy atom. The summed E-state index contributed by atoms with van der Waals surface area (Å²) in [6, 6.07) is 16.3. The number of fused-ring (bicyclic) bond motifs is 1. The zero-order chi connectivity index (χ0) is 18.8. The fourth-order valence-electron chi connectivity index (χ4n) is 2.94. The monoisotopic (exact) mass is 379 g/mol. The third-order valence-electron chi connectivity index (χ3n) is 4.26. The van der Waals surface area contributed by atoms with E-state index in [9.17, 15) is 9.59 Å². The second-order valence-electron chi connectivity index (χ2n) is 6.11. The van der Waals surface area contributed by atoms with Gasteiger partial charge in [-0.2, -0.15) is 5.10 Å². The summed E-state index contributed by atoms with van der Waals surface area (Å²) in [5, 5.41) is 9.49. The lowest BCUT2D eigenvalue weighted by atomic mass is 10.1. The maximum Gasteiger partial charge on any atom is 0.267 e. The van der Waals surface area contributed by atoms with Gasteiger partial charge in [0, 0.05) is 6.42 Å². The highest BCUT2D eigenvalue weighted by Gasteiger charge is 2.34. The van der Waals surface area contributed by atoms with Crippen molar-refractivity contribution >= 4 is 44.8 Å². The molecule has 1 aliphatic rings. The maximum atomic E-state index is 12.5. The van der Waals surface area contributed by atoms with Gasteiger partial charge < -0.3 is 11.1 Å². The van der Waals surface area contributed by atoms with Crippen LogP contribution in [0.2, 0.25) is 0 Å². The molecule has 3 N–H and O–H groups in total. The van der Waals surface area contributed by atoms with Crippen LogP contribution in [-0.2, 0) is 16.1 Å².